The van der Waals surface area contributed by atoms with Crippen molar-refractivity contribution in [3.05, 3.63) is 42.5 Å². The number of benzene rings is 1. The SMILES string of the molecule is O=C1C=CC(Oc2ccccc2)=N1. The van der Waals surface area contributed by atoms with Gasteiger partial charge in [-0.05, 0) is 12.1 Å². The number of rotatable bonds is 1. The molecule has 0 bridgehead atoms. The quantitative estimate of drug-likeness (QED) is 0.646. The zero-order chi connectivity index (χ0) is 9.10. The number of hydrogen-bond acceptors (Lipinski definition) is 2. The van der Waals surface area contributed by atoms with Crippen LogP contribution in [-0.2, 0) is 4.79 Å². The van der Waals surface area contributed by atoms with Gasteiger partial charge in [0.05, 0.1) is 0 Å². The Balaban J connectivity index is 2.12. The van der Waals surface area contributed by atoms with Gasteiger partial charge in [0.2, 0.25) is 5.90 Å². The third-order valence-corrected chi connectivity index (χ3v) is 1.55. The summed E-state index contributed by atoms with van der Waals surface area (Å²) in [5.74, 6) is 0.753. The van der Waals surface area contributed by atoms with Crippen LogP contribution in [-0.4, -0.2) is 11.8 Å². The lowest BCUT2D eigenvalue weighted by atomic mass is 10.3. The molecule has 0 radical (unpaired) electrons. The second-order valence-corrected chi connectivity index (χ2v) is 2.54. The van der Waals surface area contributed by atoms with E-state index in [9.17, 15) is 4.79 Å². The average molecular weight is 173 g/mol. The summed E-state index contributed by atoms with van der Waals surface area (Å²) in [7, 11) is 0. The molecule has 0 saturated carbocycles. The van der Waals surface area contributed by atoms with Crippen molar-refractivity contribution in [1.82, 2.24) is 0 Å². The molecule has 1 aliphatic rings. The predicted octanol–water partition coefficient (Wildman–Crippen LogP) is 1.56. The molecule has 0 N–H and O–H groups in total. The maximum atomic E-state index is 10.7. The second kappa shape index (κ2) is 3.23. The summed E-state index contributed by atoms with van der Waals surface area (Å²) in [4.78, 5) is 14.3. The molecule has 0 aromatic heterocycles. The predicted molar refractivity (Wildman–Crippen MR) is 48.7 cm³/mol. The molecule has 1 aliphatic heterocycles. The van der Waals surface area contributed by atoms with Gasteiger partial charge in [0.1, 0.15) is 5.75 Å². The van der Waals surface area contributed by atoms with Crippen LogP contribution in [0.2, 0.25) is 0 Å². The lowest BCUT2D eigenvalue weighted by molar-refractivity contribution is -0.113. The number of amides is 1. The van der Waals surface area contributed by atoms with E-state index in [-0.39, 0.29) is 5.91 Å². The van der Waals surface area contributed by atoms with Gasteiger partial charge in [0, 0.05) is 12.2 Å². The number of carbonyl (C=O) groups is 1. The largest absolute Gasteiger partial charge is 0.439 e. The van der Waals surface area contributed by atoms with Crippen LogP contribution < -0.4 is 4.74 Å². The molecule has 3 nitrogen and oxygen atoms in total. The molecule has 1 heterocycles. The van der Waals surface area contributed by atoms with Crippen LogP contribution in [0.1, 0.15) is 0 Å². The molecule has 1 amide bonds. The van der Waals surface area contributed by atoms with Crippen molar-refractivity contribution in [2.75, 3.05) is 0 Å². The van der Waals surface area contributed by atoms with Crippen LogP contribution in [0, 0.1) is 0 Å². The van der Waals surface area contributed by atoms with Crippen molar-refractivity contribution in [2.24, 2.45) is 4.99 Å². The highest BCUT2D eigenvalue weighted by molar-refractivity contribution is 6.10. The lowest BCUT2D eigenvalue weighted by Crippen LogP contribution is -2.02. The minimum absolute atomic E-state index is 0.272. The van der Waals surface area contributed by atoms with E-state index in [1.807, 2.05) is 18.2 Å². The summed E-state index contributed by atoms with van der Waals surface area (Å²) < 4.78 is 5.29. The fraction of sp³-hybridized carbons (Fsp3) is 0. The number of nitrogens with zero attached hydrogens (tertiary/aromatic N) is 1. The number of aliphatic imine (C=N–C) groups is 1. The first-order valence-electron chi connectivity index (χ1n) is 3.88. The Morgan fingerprint density at radius 3 is 2.46 bits per heavy atom. The molecule has 0 unspecified atom stereocenters. The zero-order valence-corrected chi connectivity index (χ0v) is 6.81. The van der Waals surface area contributed by atoms with E-state index in [1.165, 1.54) is 6.08 Å². The van der Waals surface area contributed by atoms with Gasteiger partial charge >= 0.3 is 0 Å². The Morgan fingerprint density at radius 1 is 1.08 bits per heavy atom. The Morgan fingerprint density at radius 2 is 1.85 bits per heavy atom. The first-order valence-corrected chi connectivity index (χ1v) is 3.88. The van der Waals surface area contributed by atoms with Crippen LogP contribution in [0.3, 0.4) is 0 Å². The Hall–Kier alpha value is -1.90. The molecular formula is C10H7NO2. The normalized spacial score (nSPS) is 14.5. The van der Waals surface area contributed by atoms with Crippen molar-refractivity contribution < 1.29 is 9.53 Å². The molecule has 13 heavy (non-hydrogen) atoms. The van der Waals surface area contributed by atoms with E-state index in [0.29, 0.717) is 11.6 Å². The van der Waals surface area contributed by atoms with Crippen molar-refractivity contribution in [1.29, 1.82) is 0 Å². The molecule has 0 spiro atoms. The number of para-hydroxylation sites is 1. The second-order valence-electron chi connectivity index (χ2n) is 2.54. The summed E-state index contributed by atoms with van der Waals surface area (Å²) in [6.45, 7) is 0. The summed E-state index contributed by atoms with van der Waals surface area (Å²) in [6, 6.07) is 9.22. The van der Waals surface area contributed by atoms with Gasteiger partial charge in [-0.2, -0.15) is 4.99 Å². The Bertz CT molecular complexity index is 379. The Kier molecular flexibility index (Phi) is 1.92. The molecule has 2 rings (SSSR count). The van der Waals surface area contributed by atoms with E-state index in [1.54, 1.807) is 18.2 Å². The van der Waals surface area contributed by atoms with Gasteiger partial charge < -0.3 is 4.74 Å². The fourth-order valence-corrected chi connectivity index (χ4v) is 0.992. The molecule has 1 aromatic rings. The summed E-state index contributed by atoms with van der Waals surface area (Å²) in [5, 5.41) is 0. The summed E-state index contributed by atoms with van der Waals surface area (Å²) >= 11 is 0. The third kappa shape index (κ3) is 1.82. The van der Waals surface area contributed by atoms with Crippen molar-refractivity contribution >= 4 is 11.8 Å². The van der Waals surface area contributed by atoms with Crippen LogP contribution in [0.4, 0.5) is 0 Å². The first-order chi connectivity index (χ1) is 6.34. The zero-order valence-electron chi connectivity index (χ0n) is 6.81. The van der Waals surface area contributed by atoms with E-state index in [2.05, 4.69) is 4.99 Å². The molecule has 0 aliphatic carbocycles. The van der Waals surface area contributed by atoms with E-state index in [4.69, 9.17) is 4.74 Å². The number of ether oxygens (including phenoxy) is 1. The van der Waals surface area contributed by atoms with Gasteiger partial charge in [-0.1, -0.05) is 18.2 Å². The summed E-state index contributed by atoms with van der Waals surface area (Å²) in [5.41, 5.74) is 0. The highest BCUT2D eigenvalue weighted by Crippen LogP contribution is 2.10. The summed E-state index contributed by atoms with van der Waals surface area (Å²) in [6.07, 6.45) is 2.92. The van der Waals surface area contributed by atoms with Crippen molar-refractivity contribution in [3.8, 4) is 5.75 Å². The fourth-order valence-electron chi connectivity index (χ4n) is 0.992. The van der Waals surface area contributed by atoms with Gasteiger partial charge in [0.25, 0.3) is 5.91 Å². The van der Waals surface area contributed by atoms with E-state index < -0.39 is 0 Å². The highest BCUT2D eigenvalue weighted by atomic mass is 16.5. The van der Waals surface area contributed by atoms with Gasteiger partial charge in [-0.3, -0.25) is 4.79 Å². The molecular weight excluding hydrogens is 166 g/mol. The monoisotopic (exact) mass is 173 g/mol. The molecule has 64 valence electrons. The van der Waals surface area contributed by atoms with Gasteiger partial charge in [0.15, 0.2) is 0 Å². The van der Waals surface area contributed by atoms with Crippen molar-refractivity contribution in [2.45, 2.75) is 0 Å². The van der Waals surface area contributed by atoms with E-state index in [0.717, 1.165) is 0 Å². The van der Waals surface area contributed by atoms with Crippen molar-refractivity contribution in [3.63, 3.8) is 0 Å². The molecule has 3 heteroatoms. The van der Waals surface area contributed by atoms with Crippen LogP contribution >= 0.6 is 0 Å². The smallest absolute Gasteiger partial charge is 0.273 e. The number of hydrogen-bond donors (Lipinski definition) is 0. The molecule has 0 atom stereocenters. The topological polar surface area (TPSA) is 38.7 Å². The van der Waals surface area contributed by atoms with Crippen LogP contribution in [0.25, 0.3) is 0 Å². The average Bonchev–Trinajstić information content (AvgIpc) is 2.53. The highest BCUT2D eigenvalue weighted by Gasteiger charge is 2.07. The van der Waals surface area contributed by atoms with Gasteiger partial charge in [-0.15, -0.1) is 0 Å². The van der Waals surface area contributed by atoms with Crippen LogP contribution in [0.15, 0.2) is 47.5 Å². The standard InChI is InChI=1S/C10H7NO2/c12-9-6-7-10(11-9)13-8-4-2-1-3-5-8/h1-7H. The minimum Gasteiger partial charge on any atom is -0.439 e. The van der Waals surface area contributed by atoms with Gasteiger partial charge in [-0.25, -0.2) is 0 Å². The van der Waals surface area contributed by atoms with E-state index >= 15 is 0 Å². The molecule has 0 saturated heterocycles. The first kappa shape index (κ1) is 7.73. The minimum atomic E-state index is -0.272. The van der Waals surface area contributed by atoms with Crippen LogP contribution in [0.5, 0.6) is 5.75 Å². The molecule has 0 fully saturated rings. The third-order valence-electron chi connectivity index (χ3n) is 1.55. The maximum absolute atomic E-state index is 10.7. The maximum Gasteiger partial charge on any atom is 0.273 e. The lowest BCUT2D eigenvalue weighted by Gasteiger charge is -2.00. The Labute approximate surface area is 75.4 Å². The number of carbonyl (C=O) groups excluding carboxylic acids is 1. The molecule has 1 aromatic carbocycles.